The van der Waals surface area contributed by atoms with E-state index in [0.29, 0.717) is 18.7 Å². The molecule has 5 nitrogen and oxygen atoms in total. The van der Waals surface area contributed by atoms with Gasteiger partial charge in [0.15, 0.2) is 0 Å². The van der Waals surface area contributed by atoms with Crippen molar-refractivity contribution in [2.45, 2.75) is 12.8 Å². The molecule has 3 N–H and O–H groups in total. The first kappa shape index (κ1) is 13.9. The highest BCUT2D eigenvalue weighted by molar-refractivity contribution is 5.99. The van der Waals surface area contributed by atoms with Gasteiger partial charge in [0.05, 0.1) is 6.54 Å². The Morgan fingerprint density at radius 3 is 2.56 bits per heavy atom. The van der Waals surface area contributed by atoms with Crippen LogP contribution in [0.2, 0.25) is 0 Å². The lowest BCUT2D eigenvalue weighted by atomic mass is 10.1. The first-order valence-electron chi connectivity index (χ1n) is 5.74. The third kappa shape index (κ3) is 4.37. The van der Waals surface area contributed by atoms with E-state index in [1.165, 1.54) is 10.5 Å². The van der Waals surface area contributed by atoms with E-state index >= 15 is 0 Å². The summed E-state index contributed by atoms with van der Waals surface area (Å²) in [5.41, 5.74) is 1.17. The van der Waals surface area contributed by atoms with Crippen molar-refractivity contribution in [1.82, 2.24) is 10.2 Å². The monoisotopic (exact) mass is 246 g/mol. The minimum Gasteiger partial charge on any atom is -0.351 e. The van der Waals surface area contributed by atoms with Crippen molar-refractivity contribution < 1.29 is 4.79 Å². The van der Waals surface area contributed by atoms with Gasteiger partial charge in [-0.05, 0) is 12.0 Å². The number of amides is 1. The molecule has 0 heterocycles. The van der Waals surface area contributed by atoms with Crippen LogP contribution in [0.15, 0.2) is 30.3 Å². The normalized spacial score (nSPS) is 9.61. The maximum Gasteiger partial charge on any atom is 0.207 e. The van der Waals surface area contributed by atoms with Gasteiger partial charge in [0.25, 0.3) is 0 Å². The van der Waals surface area contributed by atoms with Crippen molar-refractivity contribution in [1.29, 1.82) is 10.8 Å². The standard InChI is InChI=1S/C13H18N4O/c1-17(13(15)9-16-10-18)12(14)8-7-11-5-3-2-4-6-11/h2-6,10,14-15H,7-9H2,1H3,(H,16,18). The second-order valence-corrected chi connectivity index (χ2v) is 3.94. The SMILES string of the molecule is CN(C(=N)CCc1ccccc1)C(=N)CNC=O. The van der Waals surface area contributed by atoms with Gasteiger partial charge in [-0.15, -0.1) is 0 Å². The summed E-state index contributed by atoms with van der Waals surface area (Å²) in [7, 11) is 1.67. The summed E-state index contributed by atoms with van der Waals surface area (Å²) in [5.74, 6) is 0.580. The number of likely N-dealkylation sites (N-methyl/N-ethyl adjacent to an activating group) is 1. The van der Waals surface area contributed by atoms with Crippen molar-refractivity contribution in [2.75, 3.05) is 13.6 Å². The molecule has 1 aromatic rings. The zero-order chi connectivity index (χ0) is 13.4. The number of carbonyl (C=O) groups is 1. The van der Waals surface area contributed by atoms with Crippen molar-refractivity contribution in [3.05, 3.63) is 35.9 Å². The van der Waals surface area contributed by atoms with E-state index < -0.39 is 0 Å². The highest BCUT2D eigenvalue weighted by Crippen LogP contribution is 2.04. The molecule has 0 fully saturated rings. The number of hydrogen-bond acceptors (Lipinski definition) is 3. The van der Waals surface area contributed by atoms with Crippen LogP contribution in [0, 0.1) is 10.8 Å². The summed E-state index contributed by atoms with van der Waals surface area (Å²) in [5, 5.41) is 18.0. The predicted molar refractivity (Wildman–Crippen MR) is 72.0 cm³/mol. The van der Waals surface area contributed by atoms with Gasteiger partial charge < -0.3 is 10.2 Å². The average molecular weight is 246 g/mol. The second kappa shape index (κ2) is 7.21. The first-order chi connectivity index (χ1) is 8.65. The lowest BCUT2D eigenvalue weighted by Crippen LogP contribution is -2.38. The van der Waals surface area contributed by atoms with Gasteiger partial charge in [-0.3, -0.25) is 15.6 Å². The third-order valence-electron chi connectivity index (χ3n) is 2.66. The van der Waals surface area contributed by atoms with Crippen LogP contribution in [-0.2, 0) is 11.2 Å². The minimum atomic E-state index is 0.147. The zero-order valence-corrected chi connectivity index (χ0v) is 10.4. The topological polar surface area (TPSA) is 80.0 Å². The molecule has 0 spiro atoms. The molecule has 0 aliphatic carbocycles. The number of carbonyl (C=O) groups excluding carboxylic acids is 1. The largest absolute Gasteiger partial charge is 0.351 e. The molecule has 0 bridgehead atoms. The molecule has 1 amide bonds. The van der Waals surface area contributed by atoms with E-state index in [1.807, 2.05) is 30.3 Å². The Morgan fingerprint density at radius 2 is 1.94 bits per heavy atom. The summed E-state index contributed by atoms with van der Waals surface area (Å²) in [6, 6.07) is 9.94. The maximum absolute atomic E-state index is 10.1. The van der Waals surface area contributed by atoms with Crippen molar-refractivity contribution in [3.63, 3.8) is 0 Å². The number of aryl methyl sites for hydroxylation is 1. The van der Waals surface area contributed by atoms with E-state index in [-0.39, 0.29) is 12.4 Å². The molecule has 1 rings (SSSR count). The fourth-order valence-corrected chi connectivity index (χ4v) is 1.49. The van der Waals surface area contributed by atoms with E-state index in [0.717, 1.165) is 6.42 Å². The number of rotatable bonds is 6. The van der Waals surface area contributed by atoms with Crippen LogP contribution < -0.4 is 5.32 Å². The molecule has 0 radical (unpaired) electrons. The number of hydrogen-bond donors (Lipinski definition) is 3. The molecule has 0 unspecified atom stereocenters. The van der Waals surface area contributed by atoms with E-state index in [4.69, 9.17) is 10.8 Å². The Balaban J connectivity index is 2.40. The van der Waals surface area contributed by atoms with Gasteiger partial charge in [-0.2, -0.15) is 0 Å². The average Bonchev–Trinajstić information content (AvgIpc) is 2.42. The minimum absolute atomic E-state index is 0.147. The number of nitrogens with one attached hydrogen (secondary N) is 3. The highest BCUT2D eigenvalue weighted by Gasteiger charge is 2.09. The van der Waals surface area contributed by atoms with Crippen LogP contribution in [0.3, 0.4) is 0 Å². The van der Waals surface area contributed by atoms with Gasteiger partial charge in [-0.1, -0.05) is 30.3 Å². The molecule has 18 heavy (non-hydrogen) atoms. The molecular formula is C13H18N4O. The van der Waals surface area contributed by atoms with Gasteiger partial charge in [-0.25, -0.2) is 0 Å². The summed E-state index contributed by atoms with van der Waals surface area (Å²) >= 11 is 0. The quantitative estimate of drug-likeness (QED) is 0.401. The Morgan fingerprint density at radius 1 is 1.28 bits per heavy atom. The summed E-state index contributed by atoms with van der Waals surface area (Å²) in [4.78, 5) is 11.6. The van der Waals surface area contributed by atoms with Crippen LogP contribution in [0.4, 0.5) is 0 Å². The Labute approximate surface area is 107 Å². The Hall–Kier alpha value is -2.17. The molecule has 5 heteroatoms. The van der Waals surface area contributed by atoms with Crippen LogP contribution in [0.25, 0.3) is 0 Å². The number of benzene rings is 1. The van der Waals surface area contributed by atoms with Gasteiger partial charge >= 0.3 is 0 Å². The molecule has 0 aliphatic heterocycles. The fraction of sp³-hybridized carbons (Fsp3) is 0.308. The molecule has 0 aromatic heterocycles. The van der Waals surface area contributed by atoms with E-state index in [9.17, 15) is 4.79 Å². The molecule has 96 valence electrons. The Bertz CT molecular complexity index is 416. The molecule has 0 aliphatic rings. The van der Waals surface area contributed by atoms with Gasteiger partial charge in [0.1, 0.15) is 11.7 Å². The molecule has 0 saturated carbocycles. The maximum atomic E-state index is 10.1. The fourth-order valence-electron chi connectivity index (χ4n) is 1.49. The molecule has 0 saturated heterocycles. The summed E-state index contributed by atoms with van der Waals surface area (Å²) < 4.78 is 0. The van der Waals surface area contributed by atoms with Crippen molar-refractivity contribution >= 4 is 18.1 Å². The molecule has 0 atom stereocenters. The number of amidine groups is 2. The zero-order valence-electron chi connectivity index (χ0n) is 10.4. The van der Waals surface area contributed by atoms with Crippen molar-refractivity contribution in [3.8, 4) is 0 Å². The summed E-state index contributed by atoms with van der Waals surface area (Å²) in [6.07, 6.45) is 1.90. The first-order valence-corrected chi connectivity index (χ1v) is 5.74. The molecule has 1 aromatic carbocycles. The highest BCUT2D eigenvalue weighted by atomic mass is 16.1. The predicted octanol–water partition coefficient (Wildman–Crippen LogP) is 1.25. The summed E-state index contributed by atoms with van der Waals surface area (Å²) in [6.45, 7) is 0.147. The van der Waals surface area contributed by atoms with Crippen LogP contribution >= 0.6 is 0 Å². The lowest BCUT2D eigenvalue weighted by Gasteiger charge is -2.20. The molecular weight excluding hydrogens is 228 g/mol. The van der Waals surface area contributed by atoms with Crippen LogP contribution in [0.1, 0.15) is 12.0 Å². The van der Waals surface area contributed by atoms with Crippen LogP contribution in [-0.4, -0.2) is 36.6 Å². The van der Waals surface area contributed by atoms with Gasteiger partial charge in [0, 0.05) is 13.5 Å². The number of nitrogens with zero attached hydrogens (tertiary/aromatic N) is 1. The second-order valence-electron chi connectivity index (χ2n) is 3.94. The van der Waals surface area contributed by atoms with Crippen molar-refractivity contribution in [2.24, 2.45) is 0 Å². The van der Waals surface area contributed by atoms with Gasteiger partial charge in [0.2, 0.25) is 6.41 Å². The third-order valence-corrected chi connectivity index (χ3v) is 2.66. The lowest BCUT2D eigenvalue weighted by molar-refractivity contribution is -0.109. The Kier molecular flexibility index (Phi) is 5.57. The van der Waals surface area contributed by atoms with E-state index in [2.05, 4.69) is 5.32 Å². The van der Waals surface area contributed by atoms with E-state index in [1.54, 1.807) is 7.05 Å². The smallest absolute Gasteiger partial charge is 0.207 e. The van der Waals surface area contributed by atoms with Crippen LogP contribution in [0.5, 0.6) is 0 Å².